The van der Waals surface area contributed by atoms with Gasteiger partial charge in [0.15, 0.2) is 5.70 Å². The number of rotatable bonds is 8. The van der Waals surface area contributed by atoms with Crippen LogP contribution < -0.4 is 0 Å². The number of fused-ring (bicyclic) bond motifs is 2. The van der Waals surface area contributed by atoms with Gasteiger partial charge in [-0.05, 0) is 74.7 Å². The van der Waals surface area contributed by atoms with Crippen LogP contribution in [-0.2, 0) is 19.5 Å². The van der Waals surface area contributed by atoms with Crippen molar-refractivity contribution in [2.24, 2.45) is 0 Å². The second-order valence-corrected chi connectivity index (χ2v) is 10.4. The maximum Gasteiger partial charge on any atom is 0.737 e. The molecule has 0 saturated heterocycles. The lowest BCUT2D eigenvalue weighted by atomic mass is 9.85. The largest absolute Gasteiger partial charge is 0.737 e. The van der Waals surface area contributed by atoms with Gasteiger partial charge in [0, 0.05) is 55.8 Å². The first-order valence-electron chi connectivity index (χ1n) is 13.5. The van der Waals surface area contributed by atoms with E-state index >= 15 is 8.63 Å². The summed E-state index contributed by atoms with van der Waals surface area (Å²) >= 11 is 0. The summed E-state index contributed by atoms with van der Waals surface area (Å²) in [5, 5.41) is 0. The minimum absolute atomic E-state index is 0.500. The third-order valence-corrected chi connectivity index (χ3v) is 8.20. The number of hydrogen-bond acceptors (Lipinski definition) is 3. The van der Waals surface area contributed by atoms with Crippen LogP contribution in [0.4, 0.5) is 8.63 Å². The molecule has 0 unspecified atom stereocenters. The zero-order valence-corrected chi connectivity index (χ0v) is 23.2. The van der Waals surface area contributed by atoms with E-state index in [4.69, 9.17) is 0 Å². The first kappa shape index (κ1) is 26.2. The van der Waals surface area contributed by atoms with Crippen molar-refractivity contribution < 1.29 is 13.1 Å². The van der Waals surface area contributed by atoms with Gasteiger partial charge in [0.25, 0.3) is 0 Å². The molecule has 3 aromatic heterocycles. The molecule has 0 spiro atoms. The highest BCUT2D eigenvalue weighted by Gasteiger charge is 2.56. The Bertz CT molecular complexity index is 1430. The van der Waals surface area contributed by atoms with Crippen molar-refractivity contribution in [2.75, 3.05) is 6.54 Å². The van der Waals surface area contributed by atoms with Crippen LogP contribution in [0.3, 0.4) is 0 Å². The first-order chi connectivity index (χ1) is 18.2. The molecule has 0 aliphatic carbocycles. The fourth-order valence-electron chi connectivity index (χ4n) is 6.59. The summed E-state index contributed by atoms with van der Waals surface area (Å²) in [5.74, 6) is 0. The fraction of sp³-hybridized carbons (Fsp3) is 0.367. The standard InChI is InChI=1S/C30H36BF2N5/c1-7-26-20(3)29-28(19-36(17-24-13-9-11-15-34-24)18-25-14-10-12-16-35-25)30-21(4)27(8-2)23(6)38(30)31(32,33)37(29)22(26)5/h9-16H,7-8,17-19H2,1-6H3. The smallest absolute Gasteiger partial charge is 0.393 e. The number of aromatic nitrogens is 3. The second-order valence-electron chi connectivity index (χ2n) is 10.4. The molecule has 198 valence electrons. The van der Waals surface area contributed by atoms with Crippen LogP contribution in [0.25, 0.3) is 5.57 Å². The van der Waals surface area contributed by atoms with Crippen molar-refractivity contribution in [3.05, 3.63) is 99.5 Å². The molecule has 0 fully saturated rings. The third-order valence-electron chi connectivity index (χ3n) is 8.20. The van der Waals surface area contributed by atoms with Crippen molar-refractivity contribution in [2.45, 2.75) is 67.5 Å². The Hall–Kier alpha value is -3.39. The van der Waals surface area contributed by atoms with E-state index in [2.05, 4.69) is 14.9 Å². The zero-order chi connectivity index (χ0) is 27.2. The van der Waals surface area contributed by atoms with E-state index in [1.165, 1.54) is 8.96 Å². The lowest BCUT2D eigenvalue weighted by molar-refractivity contribution is -0.364. The van der Waals surface area contributed by atoms with Gasteiger partial charge < -0.3 is 17.6 Å². The topological polar surface area (TPSA) is 37.0 Å². The Balaban J connectivity index is 1.72. The van der Waals surface area contributed by atoms with Gasteiger partial charge in [-0.25, -0.2) is 0 Å². The fourth-order valence-corrected chi connectivity index (χ4v) is 6.59. The molecule has 8 heteroatoms. The van der Waals surface area contributed by atoms with Crippen LogP contribution in [0, 0.1) is 13.8 Å². The van der Waals surface area contributed by atoms with E-state index in [0.29, 0.717) is 42.4 Å². The second kappa shape index (κ2) is 10.1. The minimum Gasteiger partial charge on any atom is -0.393 e. The Kier molecular flexibility index (Phi) is 6.95. The molecule has 5 heterocycles. The van der Waals surface area contributed by atoms with Crippen molar-refractivity contribution in [1.29, 1.82) is 0 Å². The minimum atomic E-state index is -4.02. The lowest BCUT2D eigenvalue weighted by Crippen LogP contribution is -2.52. The normalized spacial score (nSPS) is 16.6. The molecular weight excluding hydrogens is 479 g/mol. The van der Waals surface area contributed by atoms with E-state index in [-0.39, 0.29) is 0 Å². The lowest BCUT2D eigenvalue weighted by Gasteiger charge is -2.35. The Morgan fingerprint density at radius 1 is 0.842 bits per heavy atom. The number of allylic oxidation sites excluding steroid dienone is 2. The summed E-state index contributed by atoms with van der Waals surface area (Å²) in [5.41, 5.74) is 9.43. The summed E-state index contributed by atoms with van der Waals surface area (Å²) in [6, 6.07) is 11.8. The van der Waals surface area contributed by atoms with E-state index in [1.807, 2.05) is 77.9 Å². The quantitative estimate of drug-likeness (QED) is 0.330. The highest BCUT2D eigenvalue weighted by Crippen LogP contribution is 2.45. The summed E-state index contributed by atoms with van der Waals surface area (Å²) in [6.07, 6.45) is 5.03. The van der Waals surface area contributed by atoms with Gasteiger partial charge in [0.1, 0.15) is 5.71 Å². The number of hydrogen-bond donors (Lipinski definition) is 0. The molecule has 0 amide bonds. The molecule has 2 aliphatic rings. The predicted molar refractivity (Wildman–Crippen MR) is 150 cm³/mol. The molecule has 38 heavy (non-hydrogen) atoms. The molecular formula is C30H36BF2N5. The van der Waals surface area contributed by atoms with Crippen LogP contribution >= 0.6 is 0 Å². The molecule has 5 rings (SSSR count). The van der Waals surface area contributed by atoms with Crippen LogP contribution in [0.1, 0.15) is 68.0 Å². The molecule has 0 atom stereocenters. The van der Waals surface area contributed by atoms with Gasteiger partial charge in [-0.1, -0.05) is 26.0 Å². The average Bonchev–Trinajstić information content (AvgIpc) is 3.32. The van der Waals surface area contributed by atoms with Crippen LogP contribution in [-0.4, -0.2) is 43.1 Å². The zero-order valence-electron chi connectivity index (χ0n) is 23.2. The van der Waals surface area contributed by atoms with Crippen molar-refractivity contribution in [3.8, 4) is 0 Å². The van der Waals surface area contributed by atoms with Gasteiger partial charge in [-0.3, -0.25) is 14.9 Å². The molecule has 0 radical (unpaired) electrons. The van der Waals surface area contributed by atoms with E-state index < -0.39 is 6.97 Å². The van der Waals surface area contributed by atoms with Crippen LogP contribution in [0.15, 0.2) is 65.6 Å². The summed E-state index contributed by atoms with van der Waals surface area (Å²) in [6.45, 7) is 9.45. The van der Waals surface area contributed by atoms with Gasteiger partial charge in [0.2, 0.25) is 0 Å². The van der Waals surface area contributed by atoms with Crippen molar-refractivity contribution in [1.82, 2.24) is 19.3 Å². The van der Waals surface area contributed by atoms with E-state index in [0.717, 1.165) is 52.1 Å². The SMILES string of the molecule is CCC1=C(C)C2=C(CN(Cc3ccccn3)Cc3ccccn3)c3c(C)c(CC)c(C)n3[B-](F)(F)[N+]2=C1C. The molecule has 0 bridgehead atoms. The molecule has 0 aromatic carbocycles. The van der Waals surface area contributed by atoms with Gasteiger partial charge >= 0.3 is 6.97 Å². The average molecular weight is 515 g/mol. The third kappa shape index (κ3) is 4.15. The van der Waals surface area contributed by atoms with Gasteiger partial charge in [0.05, 0.1) is 17.0 Å². The molecule has 0 N–H and O–H groups in total. The van der Waals surface area contributed by atoms with Crippen LogP contribution in [0.2, 0.25) is 0 Å². The van der Waals surface area contributed by atoms with Gasteiger partial charge in [-0.2, -0.15) is 0 Å². The number of pyridine rings is 2. The Morgan fingerprint density at radius 2 is 1.45 bits per heavy atom. The summed E-state index contributed by atoms with van der Waals surface area (Å²) in [7, 11) is 0. The predicted octanol–water partition coefficient (Wildman–Crippen LogP) is 6.32. The highest BCUT2D eigenvalue weighted by atomic mass is 19.2. The first-order valence-corrected chi connectivity index (χ1v) is 13.5. The molecule has 3 aromatic rings. The maximum absolute atomic E-state index is 16.5. The number of nitrogens with zero attached hydrogens (tertiary/aromatic N) is 5. The highest BCUT2D eigenvalue weighted by molar-refractivity contribution is 6.58. The van der Waals surface area contributed by atoms with Crippen LogP contribution in [0.5, 0.6) is 0 Å². The maximum atomic E-state index is 16.5. The van der Waals surface area contributed by atoms with Crippen molar-refractivity contribution >= 4 is 18.3 Å². The Morgan fingerprint density at radius 3 is 1.95 bits per heavy atom. The number of halogens is 2. The summed E-state index contributed by atoms with van der Waals surface area (Å²) < 4.78 is 35.7. The van der Waals surface area contributed by atoms with Gasteiger partial charge in [-0.15, -0.1) is 0 Å². The van der Waals surface area contributed by atoms with E-state index in [9.17, 15) is 0 Å². The van der Waals surface area contributed by atoms with Crippen molar-refractivity contribution in [3.63, 3.8) is 0 Å². The molecule has 5 nitrogen and oxygen atoms in total. The van der Waals surface area contributed by atoms with E-state index in [1.54, 1.807) is 12.4 Å². The Labute approximate surface area is 224 Å². The molecule has 2 aliphatic heterocycles. The monoisotopic (exact) mass is 515 g/mol. The molecule has 0 saturated carbocycles. The summed E-state index contributed by atoms with van der Waals surface area (Å²) in [4.78, 5) is 11.4.